The summed E-state index contributed by atoms with van der Waals surface area (Å²) in [5, 5.41) is 9.24. The van der Waals surface area contributed by atoms with Gasteiger partial charge in [0, 0.05) is 12.7 Å². The van der Waals surface area contributed by atoms with Gasteiger partial charge in [0.25, 0.3) is 0 Å². The summed E-state index contributed by atoms with van der Waals surface area (Å²) >= 11 is 1.08. The molecule has 1 rings (SSSR count). The number of carbonyl (C=O) groups is 2. The summed E-state index contributed by atoms with van der Waals surface area (Å²) < 4.78 is 0. The van der Waals surface area contributed by atoms with Crippen molar-refractivity contribution in [2.75, 3.05) is 5.75 Å². The van der Waals surface area contributed by atoms with Crippen molar-refractivity contribution >= 4 is 22.8 Å². The van der Waals surface area contributed by atoms with Crippen LogP contribution in [0.1, 0.15) is 30.9 Å². The van der Waals surface area contributed by atoms with E-state index in [1.54, 1.807) is 0 Å². The van der Waals surface area contributed by atoms with E-state index in [-0.39, 0.29) is 11.0 Å². The van der Waals surface area contributed by atoms with Crippen molar-refractivity contribution in [1.29, 1.82) is 0 Å². The number of carboxylic acids is 1. The quantitative estimate of drug-likeness (QED) is 0.889. The molecule has 0 aromatic heterocycles. The zero-order valence-electron chi connectivity index (χ0n) is 10.8. The molecule has 4 heteroatoms. The number of aliphatic carboxylic acids is 1. The van der Waals surface area contributed by atoms with Gasteiger partial charge < -0.3 is 5.11 Å². The minimum absolute atomic E-state index is 0.0433. The van der Waals surface area contributed by atoms with Crippen molar-refractivity contribution in [1.82, 2.24) is 0 Å². The van der Waals surface area contributed by atoms with Gasteiger partial charge >= 0.3 is 5.97 Å². The van der Waals surface area contributed by atoms with Gasteiger partial charge in [-0.15, -0.1) is 0 Å². The topological polar surface area (TPSA) is 54.4 Å². The molecule has 1 N–H and O–H groups in total. The van der Waals surface area contributed by atoms with E-state index in [0.29, 0.717) is 5.75 Å². The predicted molar refractivity (Wildman–Crippen MR) is 73.9 cm³/mol. The molecule has 1 aromatic carbocycles. The lowest BCUT2D eigenvalue weighted by Crippen LogP contribution is -2.23. The molecule has 0 unspecified atom stereocenters. The number of rotatable bonds is 5. The molecule has 98 valence electrons. The van der Waals surface area contributed by atoms with Gasteiger partial charge in [0.05, 0.1) is 5.92 Å². The Labute approximate surface area is 112 Å². The summed E-state index contributed by atoms with van der Waals surface area (Å²) in [6.07, 6.45) is 0. The maximum atomic E-state index is 11.3. The first-order valence-electron chi connectivity index (χ1n) is 5.85. The highest BCUT2D eigenvalue weighted by molar-refractivity contribution is 8.13. The van der Waals surface area contributed by atoms with Crippen molar-refractivity contribution in [3.8, 4) is 0 Å². The van der Waals surface area contributed by atoms with Crippen LogP contribution in [-0.4, -0.2) is 21.9 Å². The maximum absolute atomic E-state index is 11.3. The molecule has 0 radical (unpaired) electrons. The SMILES string of the molecule is CC(=O)SC[C@@H](C(=O)O)[C@H](C)c1ccccc1C. The summed E-state index contributed by atoms with van der Waals surface area (Å²) in [5.41, 5.74) is 2.12. The molecule has 0 fully saturated rings. The summed E-state index contributed by atoms with van der Waals surface area (Å²) in [6.45, 7) is 5.34. The molecule has 0 aliphatic heterocycles. The fourth-order valence-corrected chi connectivity index (χ4v) is 2.80. The smallest absolute Gasteiger partial charge is 0.307 e. The molecule has 0 bridgehead atoms. The molecule has 3 nitrogen and oxygen atoms in total. The number of thioether (sulfide) groups is 1. The first-order chi connectivity index (χ1) is 8.43. The third-order valence-electron chi connectivity index (χ3n) is 3.07. The van der Waals surface area contributed by atoms with Crippen LogP contribution in [0, 0.1) is 12.8 Å². The number of hydrogen-bond acceptors (Lipinski definition) is 3. The summed E-state index contributed by atoms with van der Waals surface area (Å²) in [4.78, 5) is 22.3. The van der Waals surface area contributed by atoms with Crippen molar-refractivity contribution in [3.05, 3.63) is 35.4 Å². The van der Waals surface area contributed by atoms with Gasteiger partial charge in [-0.05, 0) is 24.0 Å². The molecule has 0 amide bonds. The van der Waals surface area contributed by atoms with E-state index in [2.05, 4.69) is 0 Å². The Hall–Kier alpha value is -1.29. The van der Waals surface area contributed by atoms with E-state index < -0.39 is 11.9 Å². The van der Waals surface area contributed by atoms with E-state index in [4.69, 9.17) is 0 Å². The molecular weight excluding hydrogens is 248 g/mol. The van der Waals surface area contributed by atoms with Crippen LogP contribution in [0.4, 0.5) is 0 Å². The summed E-state index contributed by atoms with van der Waals surface area (Å²) in [6, 6.07) is 7.78. The highest BCUT2D eigenvalue weighted by atomic mass is 32.2. The van der Waals surface area contributed by atoms with Crippen LogP contribution in [0.25, 0.3) is 0 Å². The lowest BCUT2D eigenvalue weighted by atomic mass is 9.86. The van der Waals surface area contributed by atoms with Gasteiger partial charge in [-0.25, -0.2) is 0 Å². The first kappa shape index (κ1) is 14.8. The number of aryl methyl sites for hydroxylation is 1. The van der Waals surface area contributed by atoms with Crippen LogP contribution >= 0.6 is 11.8 Å². The highest BCUT2D eigenvalue weighted by Gasteiger charge is 2.27. The molecular formula is C14H18O3S. The molecule has 0 spiro atoms. The Balaban J connectivity index is 2.89. The molecule has 0 aliphatic rings. The Morgan fingerprint density at radius 2 is 1.94 bits per heavy atom. The second kappa shape index (κ2) is 6.59. The van der Waals surface area contributed by atoms with Crippen LogP contribution in [-0.2, 0) is 9.59 Å². The molecule has 2 atom stereocenters. The average Bonchev–Trinajstić information content (AvgIpc) is 2.28. The summed E-state index contributed by atoms with van der Waals surface area (Å²) in [5.74, 6) is -1.17. The Bertz CT molecular complexity index is 442. The standard InChI is InChI=1S/C14H18O3S/c1-9-6-4-5-7-12(9)10(2)13(14(16)17)8-18-11(3)15/h4-7,10,13H,8H2,1-3H3,(H,16,17)/t10-,13-/m1/s1. The van der Waals surface area contributed by atoms with E-state index in [9.17, 15) is 14.7 Å². The number of hydrogen-bond donors (Lipinski definition) is 1. The van der Waals surface area contributed by atoms with Crippen molar-refractivity contribution < 1.29 is 14.7 Å². The first-order valence-corrected chi connectivity index (χ1v) is 6.83. The molecule has 0 heterocycles. The van der Waals surface area contributed by atoms with Gasteiger partial charge in [-0.2, -0.15) is 0 Å². The van der Waals surface area contributed by atoms with Gasteiger partial charge in [0.2, 0.25) is 0 Å². The zero-order valence-corrected chi connectivity index (χ0v) is 11.7. The Morgan fingerprint density at radius 3 is 2.44 bits per heavy atom. The second-order valence-corrected chi connectivity index (χ2v) is 5.59. The van der Waals surface area contributed by atoms with Crippen molar-refractivity contribution in [2.45, 2.75) is 26.7 Å². The fourth-order valence-electron chi connectivity index (χ4n) is 1.95. The van der Waals surface area contributed by atoms with Crippen LogP contribution in [0.15, 0.2) is 24.3 Å². The number of carboxylic acid groups (broad SMARTS) is 1. The molecule has 1 aromatic rings. The van der Waals surface area contributed by atoms with E-state index >= 15 is 0 Å². The minimum atomic E-state index is -0.848. The minimum Gasteiger partial charge on any atom is -0.481 e. The van der Waals surface area contributed by atoms with Gasteiger partial charge in [0.15, 0.2) is 5.12 Å². The zero-order chi connectivity index (χ0) is 13.7. The number of benzene rings is 1. The van der Waals surface area contributed by atoms with E-state index in [0.717, 1.165) is 22.9 Å². The van der Waals surface area contributed by atoms with Crippen LogP contribution in [0.5, 0.6) is 0 Å². The largest absolute Gasteiger partial charge is 0.481 e. The Kier molecular flexibility index (Phi) is 5.41. The van der Waals surface area contributed by atoms with Gasteiger partial charge in [-0.1, -0.05) is 43.0 Å². The van der Waals surface area contributed by atoms with Crippen LogP contribution in [0.3, 0.4) is 0 Å². The lowest BCUT2D eigenvalue weighted by molar-refractivity contribution is -0.141. The summed E-state index contributed by atoms with van der Waals surface area (Å²) in [7, 11) is 0. The third kappa shape index (κ3) is 3.88. The van der Waals surface area contributed by atoms with Gasteiger partial charge in [-0.3, -0.25) is 9.59 Å². The fraction of sp³-hybridized carbons (Fsp3) is 0.429. The molecule has 18 heavy (non-hydrogen) atoms. The molecule has 0 saturated carbocycles. The highest BCUT2D eigenvalue weighted by Crippen LogP contribution is 2.29. The predicted octanol–water partition coefficient (Wildman–Crippen LogP) is 3.08. The van der Waals surface area contributed by atoms with E-state index in [1.807, 2.05) is 38.1 Å². The average molecular weight is 266 g/mol. The third-order valence-corrected chi connectivity index (χ3v) is 4.00. The van der Waals surface area contributed by atoms with Crippen LogP contribution in [0.2, 0.25) is 0 Å². The second-order valence-electron chi connectivity index (χ2n) is 4.39. The van der Waals surface area contributed by atoms with Crippen molar-refractivity contribution in [2.24, 2.45) is 5.92 Å². The molecule has 0 saturated heterocycles. The van der Waals surface area contributed by atoms with Crippen LogP contribution < -0.4 is 0 Å². The van der Waals surface area contributed by atoms with Gasteiger partial charge in [0.1, 0.15) is 0 Å². The van der Waals surface area contributed by atoms with Crippen molar-refractivity contribution in [3.63, 3.8) is 0 Å². The lowest BCUT2D eigenvalue weighted by Gasteiger charge is -2.21. The number of carbonyl (C=O) groups excluding carboxylic acids is 1. The monoisotopic (exact) mass is 266 g/mol. The maximum Gasteiger partial charge on any atom is 0.307 e. The molecule has 0 aliphatic carbocycles. The Morgan fingerprint density at radius 1 is 1.33 bits per heavy atom. The van der Waals surface area contributed by atoms with E-state index in [1.165, 1.54) is 6.92 Å². The normalized spacial score (nSPS) is 13.9.